The van der Waals surface area contributed by atoms with Crippen LogP contribution in [0.4, 0.5) is 4.79 Å². The van der Waals surface area contributed by atoms with Crippen LogP contribution < -0.4 is 5.32 Å². The fourth-order valence-corrected chi connectivity index (χ4v) is 3.53. The molecule has 0 bridgehead atoms. The molecule has 0 spiro atoms. The summed E-state index contributed by atoms with van der Waals surface area (Å²) in [6, 6.07) is 6.37. The summed E-state index contributed by atoms with van der Waals surface area (Å²) in [5, 5.41) is 3.84. The van der Waals surface area contributed by atoms with E-state index in [-0.39, 0.29) is 6.03 Å². The first-order valence-corrected chi connectivity index (χ1v) is 8.59. The van der Waals surface area contributed by atoms with Crippen LogP contribution in [0.15, 0.2) is 18.2 Å². The summed E-state index contributed by atoms with van der Waals surface area (Å²) in [5.41, 5.74) is 2.46. The summed E-state index contributed by atoms with van der Waals surface area (Å²) >= 11 is 6.07. The normalized spacial score (nSPS) is 22.7. The zero-order chi connectivity index (χ0) is 16.4. The van der Waals surface area contributed by atoms with Crippen LogP contribution in [0.2, 0.25) is 5.02 Å². The highest BCUT2D eigenvalue weighted by molar-refractivity contribution is 6.30. The van der Waals surface area contributed by atoms with Gasteiger partial charge in [0.25, 0.3) is 0 Å². The minimum absolute atomic E-state index is 0.0252. The van der Waals surface area contributed by atoms with Gasteiger partial charge >= 0.3 is 6.03 Å². The molecule has 2 amide bonds. The predicted octanol–water partition coefficient (Wildman–Crippen LogP) is 1.65. The van der Waals surface area contributed by atoms with Crippen LogP contribution in [0.5, 0.6) is 0 Å². The summed E-state index contributed by atoms with van der Waals surface area (Å²) < 4.78 is 0. The van der Waals surface area contributed by atoms with E-state index >= 15 is 0 Å². The number of carbonyl (C=O) groups excluding carboxylic acids is 1. The maximum atomic E-state index is 12.5. The standard InChI is InChI=1S/C17H25ClN4O/c1-20-7-8-21(2)16(12-20)10-19-17(23)22-6-5-13-3-4-15(18)9-14(13)11-22/h3-4,9,16H,5-8,10-12H2,1-2H3,(H,19,23)/t16-/m0/s1. The highest BCUT2D eigenvalue weighted by Crippen LogP contribution is 2.22. The molecule has 0 aromatic heterocycles. The molecule has 2 aliphatic rings. The largest absolute Gasteiger partial charge is 0.336 e. The lowest BCUT2D eigenvalue weighted by Gasteiger charge is -2.38. The third-order valence-electron chi connectivity index (χ3n) is 4.94. The smallest absolute Gasteiger partial charge is 0.317 e. The third kappa shape index (κ3) is 3.97. The molecule has 1 fully saturated rings. The Labute approximate surface area is 143 Å². The zero-order valence-electron chi connectivity index (χ0n) is 13.9. The van der Waals surface area contributed by atoms with E-state index in [1.54, 1.807) is 0 Å². The van der Waals surface area contributed by atoms with Gasteiger partial charge in [-0.05, 0) is 43.8 Å². The average molecular weight is 337 g/mol. The Hall–Kier alpha value is -1.30. The van der Waals surface area contributed by atoms with E-state index in [1.807, 2.05) is 17.0 Å². The molecule has 6 heteroatoms. The first-order chi connectivity index (χ1) is 11.0. The third-order valence-corrected chi connectivity index (χ3v) is 5.17. The monoisotopic (exact) mass is 336 g/mol. The van der Waals surface area contributed by atoms with Crippen molar-refractivity contribution >= 4 is 17.6 Å². The van der Waals surface area contributed by atoms with Crippen molar-refractivity contribution in [2.75, 3.05) is 46.8 Å². The number of hydrogen-bond acceptors (Lipinski definition) is 3. The molecule has 126 valence electrons. The summed E-state index contributed by atoms with van der Waals surface area (Å²) in [6.07, 6.45) is 0.895. The number of halogens is 1. The lowest BCUT2D eigenvalue weighted by Crippen LogP contribution is -2.55. The number of likely N-dealkylation sites (N-methyl/N-ethyl adjacent to an activating group) is 2. The number of nitrogens with zero attached hydrogens (tertiary/aromatic N) is 3. The van der Waals surface area contributed by atoms with Gasteiger partial charge in [-0.15, -0.1) is 0 Å². The minimum Gasteiger partial charge on any atom is -0.336 e. The number of carbonyl (C=O) groups is 1. The number of rotatable bonds is 2. The van der Waals surface area contributed by atoms with Gasteiger partial charge in [0.05, 0.1) is 0 Å². The Morgan fingerprint density at radius 1 is 1.26 bits per heavy atom. The number of benzene rings is 1. The van der Waals surface area contributed by atoms with Gasteiger partial charge in [0.2, 0.25) is 0 Å². The van der Waals surface area contributed by atoms with E-state index in [0.29, 0.717) is 19.1 Å². The van der Waals surface area contributed by atoms with Gasteiger partial charge in [-0.3, -0.25) is 4.90 Å². The lowest BCUT2D eigenvalue weighted by atomic mass is 10.0. The molecule has 1 atom stereocenters. The van der Waals surface area contributed by atoms with Crippen molar-refractivity contribution in [3.05, 3.63) is 34.3 Å². The summed E-state index contributed by atoms with van der Waals surface area (Å²) in [4.78, 5) is 19.0. The van der Waals surface area contributed by atoms with Gasteiger partial charge in [-0.25, -0.2) is 4.79 Å². The molecule has 1 saturated heterocycles. The maximum absolute atomic E-state index is 12.5. The topological polar surface area (TPSA) is 38.8 Å². The van der Waals surface area contributed by atoms with E-state index in [4.69, 9.17) is 11.6 Å². The Balaban J connectivity index is 1.55. The van der Waals surface area contributed by atoms with Crippen molar-refractivity contribution in [3.8, 4) is 0 Å². The molecule has 1 N–H and O–H groups in total. The van der Waals surface area contributed by atoms with Gasteiger partial charge in [0.1, 0.15) is 0 Å². The Morgan fingerprint density at radius 3 is 2.91 bits per heavy atom. The molecule has 0 aliphatic carbocycles. The molecular formula is C17H25ClN4O. The molecule has 0 saturated carbocycles. The Kier molecular flexibility index (Phi) is 5.09. The molecule has 2 heterocycles. The maximum Gasteiger partial charge on any atom is 0.317 e. The van der Waals surface area contributed by atoms with Crippen LogP contribution in [0.3, 0.4) is 0 Å². The lowest BCUT2D eigenvalue weighted by molar-refractivity contribution is 0.112. The van der Waals surface area contributed by atoms with Gasteiger partial charge in [-0.1, -0.05) is 17.7 Å². The molecule has 0 radical (unpaired) electrons. The zero-order valence-corrected chi connectivity index (χ0v) is 14.6. The van der Waals surface area contributed by atoms with E-state index < -0.39 is 0 Å². The van der Waals surface area contributed by atoms with Crippen molar-refractivity contribution in [3.63, 3.8) is 0 Å². The van der Waals surface area contributed by atoms with Crippen molar-refractivity contribution in [2.24, 2.45) is 0 Å². The Morgan fingerprint density at radius 2 is 2.09 bits per heavy atom. The van der Waals surface area contributed by atoms with E-state index in [0.717, 1.165) is 43.2 Å². The molecule has 1 aromatic rings. The first kappa shape index (κ1) is 16.6. The number of urea groups is 1. The molecular weight excluding hydrogens is 312 g/mol. The van der Waals surface area contributed by atoms with E-state index in [9.17, 15) is 4.79 Å². The van der Waals surface area contributed by atoms with Crippen LogP contribution >= 0.6 is 11.6 Å². The summed E-state index contributed by atoms with van der Waals surface area (Å²) in [5.74, 6) is 0. The van der Waals surface area contributed by atoms with Crippen LogP contribution in [0.25, 0.3) is 0 Å². The average Bonchev–Trinajstić information content (AvgIpc) is 2.54. The van der Waals surface area contributed by atoms with Crippen LogP contribution in [0, 0.1) is 0 Å². The summed E-state index contributed by atoms with van der Waals surface area (Å²) in [7, 11) is 4.26. The Bertz CT molecular complexity index is 580. The van der Waals surface area contributed by atoms with E-state index in [1.165, 1.54) is 5.56 Å². The molecule has 3 rings (SSSR count). The molecule has 23 heavy (non-hydrogen) atoms. The second-order valence-electron chi connectivity index (χ2n) is 6.67. The molecule has 1 aromatic carbocycles. The van der Waals surface area contributed by atoms with E-state index in [2.05, 4.69) is 35.3 Å². The number of piperazine rings is 1. The summed E-state index contributed by atoms with van der Waals surface area (Å²) in [6.45, 7) is 5.23. The quantitative estimate of drug-likeness (QED) is 0.892. The van der Waals surface area contributed by atoms with Crippen molar-refractivity contribution in [1.82, 2.24) is 20.0 Å². The van der Waals surface area contributed by atoms with Gasteiger partial charge < -0.3 is 15.1 Å². The highest BCUT2D eigenvalue weighted by atomic mass is 35.5. The minimum atomic E-state index is 0.0252. The van der Waals surface area contributed by atoms with Crippen LogP contribution in [0.1, 0.15) is 11.1 Å². The molecule has 2 aliphatic heterocycles. The van der Waals surface area contributed by atoms with Crippen LogP contribution in [-0.4, -0.2) is 73.6 Å². The van der Waals surface area contributed by atoms with Crippen molar-refractivity contribution in [1.29, 1.82) is 0 Å². The second-order valence-corrected chi connectivity index (χ2v) is 7.10. The SMILES string of the molecule is CN1CCN(C)[C@@H](CNC(=O)N2CCc3ccc(Cl)cc3C2)C1. The number of nitrogens with one attached hydrogen (secondary N) is 1. The van der Waals surface area contributed by atoms with Crippen molar-refractivity contribution < 1.29 is 4.79 Å². The second kappa shape index (κ2) is 7.07. The molecule has 5 nitrogen and oxygen atoms in total. The van der Waals surface area contributed by atoms with Crippen LogP contribution in [-0.2, 0) is 13.0 Å². The van der Waals surface area contributed by atoms with Gasteiger partial charge in [0, 0.05) is 50.3 Å². The number of amides is 2. The highest BCUT2D eigenvalue weighted by Gasteiger charge is 2.25. The predicted molar refractivity (Wildman–Crippen MR) is 92.9 cm³/mol. The first-order valence-electron chi connectivity index (χ1n) is 8.22. The number of hydrogen-bond donors (Lipinski definition) is 1. The fraction of sp³-hybridized carbons (Fsp3) is 0.588. The van der Waals surface area contributed by atoms with Gasteiger partial charge in [-0.2, -0.15) is 0 Å². The number of fused-ring (bicyclic) bond motifs is 1. The van der Waals surface area contributed by atoms with Crippen molar-refractivity contribution in [2.45, 2.75) is 19.0 Å². The fourth-order valence-electron chi connectivity index (χ4n) is 3.34. The van der Waals surface area contributed by atoms with Gasteiger partial charge in [0.15, 0.2) is 0 Å². The molecule has 0 unspecified atom stereocenters.